The van der Waals surface area contributed by atoms with E-state index in [-0.39, 0.29) is 22.9 Å². The zero-order valence-electron chi connectivity index (χ0n) is 17.5. The van der Waals surface area contributed by atoms with Gasteiger partial charge in [0.25, 0.3) is 11.8 Å². The molecule has 7 nitrogen and oxygen atoms in total. The van der Waals surface area contributed by atoms with E-state index in [0.717, 1.165) is 25.0 Å². The number of carbonyl (C=O) groups excluding carboxylic acids is 2. The van der Waals surface area contributed by atoms with E-state index in [1.54, 1.807) is 4.90 Å². The highest BCUT2D eigenvalue weighted by Crippen LogP contribution is 2.34. The zero-order chi connectivity index (χ0) is 22.5. The molecule has 2 amide bonds. The van der Waals surface area contributed by atoms with Gasteiger partial charge < -0.3 is 24.4 Å². The van der Waals surface area contributed by atoms with E-state index >= 15 is 0 Å². The van der Waals surface area contributed by atoms with Crippen molar-refractivity contribution < 1.29 is 32.6 Å². The van der Waals surface area contributed by atoms with Crippen molar-refractivity contribution in [3.8, 4) is 17.2 Å². The monoisotopic (exact) mass is 434 g/mol. The van der Waals surface area contributed by atoms with Crippen LogP contribution in [0.3, 0.4) is 0 Å². The molecule has 0 bridgehead atoms. The van der Waals surface area contributed by atoms with E-state index in [9.17, 15) is 18.4 Å². The Morgan fingerprint density at radius 1 is 1.00 bits per heavy atom. The van der Waals surface area contributed by atoms with Gasteiger partial charge in [0.1, 0.15) is 5.75 Å². The highest BCUT2D eigenvalue weighted by atomic mass is 19.2. The standard InChI is InChI=1S/C22H24F2N2O5/c1-13(31-14-6-7-16(23)17(24)10-14)21(27)25-18-12-20(30-3)19(29-2)11-15(18)22(28)26-8-4-5-9-26/h6-7,10-13H,4-5,8-9H2,1-3H3,(H,25,27). The minimum Gasteiger partial charge on any atom is -0.493 e. The van der Waals surface area contributed by atoms with Crippen molar-refractivity contribution in [2.45, 2.75) is 25.9 Å². The van der Waals surface area contributed by atoms with Crippen LogP contribution in [0.2, 0.25) is 0 Å². The highest BCUT2D eigenvalue weighted by molar-refractivity contribution is 6.05. The largest absolute Gasteiger partial charge is 0.493 e. The number of hydrogen-bond donors (Lipinski definition) is 1. The van der Waals surface area contributed by atoms with Gasteiger partial charge in [0.15, 0.2) is 29.2 Å². The Morgan fingerprint density at radius 3 is 2.26 bits per heavy atom. The van der Waals surface area contributed by atoms with Crippen LogP contribution in [0.25, 0.3) is 0 Å². The lowest BCUT2D eigenvalue weighted by Crippen LogP contribution is -2.32. The van der Waals surface area contributed by atoms with Gasteiger partial charge in [0.05, 0.1) is 25.5 Å². The molecule has 1 N–H and O–H groups in total. The van der Waals surface area contributed by atoms with Crippen LogP contribution in [-0.2, 0) is 4.79 Å². The van der Waals surface area contributed by atoms with Crippen LogP contribution in [0.5, 0.6) is 17.2 Å². The third-order valence-corrected chi connectivity index (χ3v) is 4.98. The molecule has 31 heavy (non-hydrogen) atoms. The average Bonchev–Trinajstić information content (AvgIpc) is 3.30. The van der Waals surface area contributed by atoms with Crippen molar-refractivity contribution in [2.24, 2.45) is 0 Å². The first-order valence-corrected chi connectivity index (χ1v) is 9.82. The van der Waals surface area contributed by atoms with Crippen LogP contribution in [0.1, 0.15) is 30.1 Å². The second-order valence-electron chi connectivity index (χ2n) is 7.08. The van der Waals surface area contributed by atoms with Crippen molar-refractivity contribution >= 4 is 17.5 Å². The average molecular weight is 434 g/mol. The van der Waals surface area contributed by atoms with E-state index in [1.807, 2.05) is 0 Å². The molecule has 1 atom stereocenters. The quantitative estimate of drug-likeness (QED) is 0.720. The van der Waals surface area contributed by atoms with Gasteiger partial charge in [-0.05, 0) is 38.0 Å². The topological polar surface area (TPSA) is 77.1 Å². The molecular weight excluding hydrogens is 410 g/mol. The number of nitrogens with zero attached hydrogens (tertiary/aromatic N) is 1. The lowest BCUT2D eigenvalue weighted by atomic mass is 10.1. The van der Waals surface area contributed by atoms with Crippen LogP contribution in [-0.4, -0.2) is 50.1 Å². The van der Waals surface area contributed by atoms with Gasteiger partial charge in [0.2, 0.25) is 0 Å². The molecule has 0 aliphatic carbocycles. The van der Waals surface area contributed by atoms with Crippen molar-refractivity contribution in [2.75, 3.05) is 32.6 Å². The molecular formula is C22H24F2N2O5. The van der Waals surface area contributed by atoms with Gasteiger partial charge in [-0.3, -0.25) is 9.59 Å². The normalized spacial score (nSPS) is 14.2. The predicted octanol–water partition coefficient (Wildman–Crippen LogP) is 3.62. The van der Waals surface area contributed by atoms with Gasteiger partial charge in [0, 0.05) is 25.2 Å². The Labute approximate surface area is 178 Å². The number of likely N-dealkylation sites (tertiary alicyclic amines) is 1. The number of ether oxygens (including phenoxy) is 3. The summed E-state index contributed by atoms with van der Waals surface area (Å²) < 4.78 is 42.5. The molecule has 3 rings (SSSR count). The third kappa shape index (κ3) is 5.04. The van der Waals surface area contributed by atoms with Crippen LogP contribution >= 0.6 is 0 Å². The Kier molecular flexibility index (Phi) is 6.94. The fourth-order valence-corrected chi connectivity index (χ4v) is 3.29. The fourth-order valence-electron chi connectivity index (χ4n) is 3.29. The fraction of sp³-hybridized carbons (Fsp3) is 0.364. The molecule has 0 radical (unpaired) electrons. The van der Waals surface area contributed by atoms with Gasteiger partial charge >= 0.3 is 0 Å². The molecule has 1 saturated heterocycles. The van der Waals surface area contributed by atoms with Gasteiger partial charge in [-0.15, -0.1) is 0 Å². The van der Waals surface area contributed by atoms with E-state index in [0.29, 0.717) is 24.6 Å². The van der Waals surface area contributed by atoms with Crippen LogP contribution in [0.15, 0.2) is 30.3 Å². The van der Waals surface area contributed by atoms with E-state index in [2.05, 4.69) is 5.32 Å². The van der Waals surface area contributed by atoms with Gasteiger partial charge in [-0.25, -0.2) is 8.78 Å². The SMILES string of the molecule is COc1cc(NC(=O)C(C)Oc2ccc(F)c(F)c2)c(C(=O)N2CCCC2)cc1OC. The summed E-state index contributed by atoms with van der Waals surface area (Å²) in [5, 5.41) is 2.67. The Morgan fingerprint density at radius 2 is 1.65 bits per heavy atom. The molecule has 2 aromatic rings. The number of hydrogen-bond acceptors (Lipinski definition) is 5. The summed E-state index contributed by atoms with van der Waals surface area (Å²) in [5.74, 6) is -2.21. The predicted molar refractivity (Wildman–Crippen MR) is 110 cm³/mol. The van der Waals surface area contributed by atoms with Gasteiger partial charge in [-0.1, -0.05) is 0 Å². The first kappa shape index (κ1) is 22.3. The molecule has 1 fully saturated rings. The van der Waals surface area contributed by atoms with Crippen molar-refractivity contribution in [1.29, 1.82) is 0 Å². The van der Waals surface area contributed by atoms with Crippen LogP contribution < -0.4 is 19.5 Å². The van der Waals surface area contributed by atoms with Crippen molar-refractivity contribution in [1.82, 2.24) is 4.90 Å². The smallest absolute Gasteiger partial charge is 0.265 e. The summed E-state index contributed by atoms with van der Waals surface area (Å²) in [6.45, 7) is 2.73. The summed E-state index contributed by atoms with van der Waals surface area (Å²) >= 11 is 0. The first-order chi connectivity index (χ1) is 14.8. The molecule has 2 aromatic carbocycles. The number of amides is 2. The first-order valence-electron chi connectivity index (χ1n) is 9.82. The van der Waals surface area contributed by atoms with Crippen molar-refractivity contribution in [3.63, 3.8) is 0 Å². The Balaban J connectivity index is 1.84. The molecule has 0 spiro atoms. The number of anilines is 1. The zero-order valence-corrected chi connectivity index (χ0v) is 17.5. The Bertz CT molecular complexity index is 977. The lowest BCUT2D eigenvalue weighted by molar-refractivity contribution is -0.122. The third-order valence-electron chi connectivity index (χ3n) is 4.98. The summed E-state index contributed by atoms with van der Waals surface area (Å²) in [6, 6.07) is 6.02. The lowest BCUT2D eigenvalue weighted by Gasteiger charge is -2.21. The van der Waals surface area contributed by atoms with E-state index in [1.165, 1.54) is 39.3 Å². The molecule has 9 heteroatoms. The maximum atomic E-state index is 13.4. The Hall–Kier alpha value is -3.36. The minimum absolute atomic E-state index is 0.00206. The van der Waals surface area contributed by atoms with Gasteiger partial charge in [-0.2, -0.15) is 0 Å². The molecule has 1 aliphatic rings. The minimum atomic E-state index is -1.08. The maximum absolute atomic E-state index is 13.4. The van der Waals surface area contributed by atoms with Crippen molar-refractivity contribution in [3.05, 3.63) is 47.5 Å². The second-order valence-corrected chi connectivity index (χ2v) is 7.08. The number of rotatable bonds is 7. The molecule has 0 saturated carbocycles. The summed E-state index contributed by atoms with van der Waals surface area (Å²) in [6.07, 6.45) is 0.785. The number of methoxy groups -OCH3 is 2. The van der Waals surface area contributed by atoms with E-state index in [4.69, 9.17) is 14.2 Å². The van der Waals surface area contributed by atoms with Crippen LogP contribution in [0.4, 0.5) is 14.5 Å². The molecule has 166 valence electrons. The number of benzene rings is 2. The maximum Gasteiger partial charge on any atom is 0.265 e. The second kappa shape index (κ2) is 9.63. The van der Waals surface area contributed by atoms with E-state index < -0.39 is 23.6 Å². The molecule has 0 aromatic heterocycles. The molecule has 1 unspecified atom stereocenters. The van der Waals surface area contributed by atoms with Crippen LogP contribution in [0, 0.1) is 11.6 Å². The number of nitrogens with one attached hydrogen (secondary N) is 1. The molecule has 1 aliphatic heterocycles. The summed E-state index contributed by atoms with van der Waals surface area (Å²) in [5.41, 5.74) is 0.494. The number of carbonyl (C=O) groups is 2. The summed E-state index contributed by atoms with van der Waals surface area (Å²) in [4.78, 5) is 27.4. The number of halogens is 2. The summed E-state index contributed by atoms with van der Waals surface area (Å²) in [7, 11) is 2.90. The highest BCUT2D eigenvalue weighted by Gasteiger charge is 2.26. The molecule has 1 heterocycles.